The number of nitrogens with one attached hydrogen (secondary N) is 2. The van der Waals surface area contributed by atoms with Gasteiger partial charge in [-0.2, -0.15) is 18.3 Å². The highest BCUT2D eigenvalue weighted by Crippen LogP contribution is 2.36. The number of likely N-dealkylation sites (N-methyl/N-ethyl adjacent to an activating group) is 5. The number of carbonyl (C=O) groups excluding carboxylic acids is 10. The van der Waals surface area contributed by atoms with Gasteiger partial charge in [-0.05, 0) is 101 Å². The molecule has 4 fully saturated rings. The van der Waals surface area contributed by atoms with E-state index in [4.69, 9.17) is 15.2 Å². The maximum absolute atomic E-state index is 15.4. The van der Waals surface area contributed by atoms with Crippen molar-refractivity contribution in [1.29, 1.82) is 0 Å². The second kappa shape index (κ2) is 32.2. The summed E-state index contributed by atoms with van der Waals surface area (Å²) in [6, 6.07) is -6.97. The van der Waals surface area contributed by atoms with Gasteiger partial charge < -0.3 is 60.1 Å². The molecule has 23 nitrogen and oxygen atoms in total. The Kier molecular flexibility index (Phi) is 26.4. The third kappa shape index (κ3) is 18.3. The Morgan fingerprint density at radius 2 is 1.41 bits per heavy atom. The number of ether oxygens (including phenoxy) is 2. The lowest BCUT2D eigenvalue weighted by Crippen LogP contribution is -2.65. The van der Waals surface area contributed by atoms with E-state index in [1.807, 2.05) is 0 Å². The van der Waals surface area contributed by atoms with E-state index in [9.17, 15) is 64.8 Å². The molecule has 88 heavy (non-hydrogen) atoms. The number of rotatable bonds is 19. The third-order valence-electron chi connectivity index (χ3n) is 17.5. The summed E-state index contributed by atoms with van der Waals surface area (Å²) >= 11 is 0. The van der Waals surface area contributed by atoms with Gasteiger partial charge in [-0.3, -0.25) is 47.9 Å². The van der Waals surface area contributed by atoms with Crippen molar-refractivity contribution in [3.63, 3.8) is 0 Å². The van der Waals surface area contributed by atoms with Crippen molar-refractivity contribution >= 4 is 59.1 Å². The first-order chi connectivity index (χ1) is 41.4. The van der Waals surface area contributed by atoms with E-state index in [0.717, 1.165) is 19.6 Å². The van der Waals surface area contributed by atoms with Gasteiger partial charge in [-0.25, -0.2) is 8.78 Å². The molecule has 3 aliphatic heterocycles. The van der Waals surface area contributed by atoms with Gasteiger partial charge in [0.15, 0.2) is 0 Å². The van der Waals surface area contributed by atoms with Gasteiger partial charge >= 0.3 is 6.18 Å². The van der Waals surface area contributed by atoms with E-state index in [1.54, 1.807) is 20.8 Å². The van der Waals surface area contributed by atoms with E-state index in [2.05, 4.69) is 10.6 Å². The van der Waals surface area contributed by atoms with Crippen LogP contribution in [0.4, 0.5) is 26.4 Å². The highest BCUT2D eigenvalue weighted by atomic mass is 19.4. The molecule has 0 bridgehead atoms. The van der Waals surface area contributed by atoms with Gasteiger partial charge in [0, 0.05) is 61.5 Å². The van der Waals surface area contributed by atoms with Crippen LogP contribution in [-0.4, -0.2) is 241 Å². The molecule has 1 aliphatic carbocycles. The van der Waals surface area contributed by atoms with Crippen LogP contribution in [0.1, 0.15) is 122 Å². The maximum Gasteiger partial charge on any atom is 0.422 e. The minimum atomic E-state index is -5.29. The van der Waals surface area contributed by atoms with Crippen LogP contribution in [-0.2, 0) is 70.0 Å². The lowest BCUT2D eigenvalue weighted by molar-refractivity contribution is -0.157. The molecule has 3 saturated heterocycles. The highest BCUT2D eigenvalue weighted by Gasteiger charge is 2.49. The number of hydrogen-bond acceptors (Lipinski definition) is 13. The van der Waals surface area contributed by atoms with Gasteiger partial charge in [0.25, 0.3) is 5.91 Å². The molecule has 0 unspecified atom stereocenters. The number of halogens is 6. The lowest BCUT2D eigenvalue weighted by atomic mass is 9.89. The monoisotopic (exact) mass is 1260 g/mol. The molecule has 5 rings (SSSR count). The first kappa shape index (κ1) is 72.1. The standard InChI is InChI=1S/C59H89F6N11O12/c1-10-23-76(65)47(79)34-69(5)46(78)33-70(6)55(84)49(36(3)11-2)67-51(80)44-35-88-27-15-14-22-58(4,68-52(81)42-19-16-24-75(42)53(82)41(66)21-20-37-30-39(60)48(40(61)31-37)59(62,63)64)57(86)73(9)50(38-17-12-13-18-38)56(85)72(8)43(32-45(77)71(44)7)54(83)74-25-28-87-29-26-74/h30-31,36,38,41-44,49-50H,10-29,32-35,66H2,1-9H3,(H,67,80)(H,68,81)/t36-,41-,42-,43-,44-,49-,50-,58-/m0/s1. The van der Waals surface area contributed by atoms with Crippen molar-refractivity contribution in [2.75, 3.05) is 101 Å². The quantitative estimate of drug-likeness (QED) is 0.133. The predicted octanol–water partition coefficient (Wildman–Crippen LogP) is 2.80. The lowest BCUT2D eigenvalue weighted by Gasteiger charge is -2.42. The minimum absolute atomic E-state index is 0.00222. The molecule has 0 radical (unpaired) electrons. The predicted molar refractivity (Wildman–Crippen MR) is 307 cm³/mol. The zero-order valence-corrected chi connectivity index (χ0v) is 52.1. The SMILES string of the molecule is CCCN(F)C(=O)CN(C)C(=O)CN(C)C(=O)[C@@H](NC(=O)[C@@H]1COCCCC[C@](C)(NC(=O)[C@@H]2CCCN2C(=O)[C@@H](N)CCc2cc(F)c(C(F)(F)F)c(F)c2)C(=O)N(C)[C@@H](C2CCCC2)C(=O)N(C)[C@H](C(=O)N2CCOCC2)CC(=O)N1C)[C@@H](C)CC. The molecule has 10 amide bonds. The maximum atomic E-state index is 15.4. The Morgan fingerprint density at radius 3 is 2.01 bits per heavy atom. The average Bonchev–Trinajstić information content (AvgIpc) is 2.93. The van der Waals surface area contributed by atoms with E-state index in [1.165, 1.54) is 56.9 Å². The Balaban J connectivity index is 1.45. The van der Waals surface area contributed by atoms with Gasteiger partial charge in [0.05, 0.1) is 45.4 Å². The van der Waals surface area contributed by atoms with E-state index < -0.39 is 162 Å². The number of nitrogens with zero attached hydrogens (tertiary/aromatic N) is 8. The van der Waals surface area contributed by atoms with Gasteiger partial charge in [-0.1, -0.05) is 44.5 Å². The number of amides is 10. The number of benzene rings is 1. The first-order valence-corrected chi connectivity index (χ1v) is 30.3. The largest absolute Gasteiger partial charge is 0.422 e. The molecule has 494 valence electrons. The molecule has 4 aliphatic rings. The van der Waals surface area contributed by atoms with Crippen molar-refractivity contribution in [2.45, 2.75) is 166 Å². The normalized spacial score (nSPS) is 23.5. The Labute approximate surface area is 510 Å². The van der Waals surface area contributed by atoms with Crippen LogP contribution in [0.5, 0.6) is 0 Å². The molecule has 1 saturated carbocycles. The molecule has 4 N–H and O–H groups in total. The molecule has 8 atom stereocenters. The fraction of sp³-hybridized carbons (Fsp3) is 0.729. The fourth-order valence-corrected chi connectivity index (χ4v) is 11.8. The van der Waals surface area contributed by atoms with Crippen molar-refractivity contribution in [2.24, 2.45) is 17.6 Å². The van der Waals surface area contributed by atoms with E-state index in [0.29, 0.717) is 57.1 Å². The molecule has 1 aromatic rings. The molecule has 1 aromatic carbocycles. The summed E-state index contributed by atoms with van der Waals surface area (Å²) in [6.07, 6.45) is -2.60. The number of aryl methyl sites for hydroxylation is 1. The number of alkyl halides is 3. The molecule has 0 aromatic heterocycles. The molecular formula is C59H89F6N11O12. The Hall–Kier alpha value is -6.62. The summed E-state index contributed by atoms with van der Waals surface area (Å²) in [5.74, 6) is -12.0. The smallest absolute Gasteiger partial charge is 0.379 e. The summed E-state index contributed by atoms with van der Waals surface area (Å²) in [5, 5.41) is 5.67. The van der Waals surface area contributed by atoms with Crippen molar-refractivity contribution < 1.29 is 83.9 Å². The summed E-state index contributed by atoms with van der Waals surface area (Å²) < 4.78 is 94.4. The van der Waals surface area contributed by atoms with Gasteiger partial charge in [-0.15, -0.1) is 0 Å². The van der Waals surface area contributed by atoms with Crippen LogP contribution in [0.3, 0.4) is 0 Å². The summed E-state index contributed by atoms with van der Waals surface area (Å²) in [4.78, 5) is 152. The van der Waals surface area contributed by atoms with Crippen LogP contribution >= 0.6 is 0 Å². The zero-order chi connectivity index (χ0) is 65.5. The van der Waals surface area contributed by atoms with Crippen molar-refractivity contribution in [1.82, 2.24) is 50.1 Å². The highest BCUT2D eigenvalue weighted by molar-refractivity contribution is 5.99. The van der Waals surface area contributed by atoms with Gasteiger partial charge in [0.2, 0.25) is 53.2 Å². The Bertz CT molecular complexity index is 2640. The number of carbonyl (C=O) groups is 10. The van der Waals surface area contributed by atoms with E-state index >= 15 is 9.59 Å². The van der Waals surface area contributed by atoms with Crippen LogP contribution in [0.15, 0.2) is 12.1 Å². The third-order valence-corrected chi connectivity index (χ3v) is 17.5. The van der Waals surface area contributed by atoms with Crippen molar-refractivity contribution in [3.8, 4) is 0 Å². The fourth-order valence-electron chi connectivity index (χ4n) is 11.8. The summed E-state index contributed by atoms with van der Waals surface area (Å²) in [7, 11) is 6.72. The van der Waals surface area contributed by atoms with Crippen molar-refractivity contribution in [3.05, 3.63) is 34.9 Å². The Morgan fingerprint density at radius 1 is 0.784 bits per heavy atom. The molecule has 3 heterocycles. The summed E-state index contributed by atoms with van der Waals surface area (Å²) in [6.45, 7) is 5.40. The topological polar surface area (TPSA) is 265 Å². The molecule has 29 heteroatoms. The van der Waals surface area contributed by atoms with E-state index in [-0.39, 0.29) is 95.2 Å². The molecule has 0 spiro atoms. The van der Waals surface area contributed by atoms with Crippen LogP contribution in [0, 0.1) is 23.5 Å². The van der Waals surface area contributed by atoms with Gasteiger partial charge in [0.1, 0.15) is 59.5 Å². The van der Waals surface area contributed by atoms with Crippen LogP contribution in [0.2, 0.25) is 0 Å². The second-order valence-corrected chi connectivity index (χ2v) is 23.9. The average molecular weight is 1260 g/mol. The second-order valence-electron chi connectivity index (χ2n) is 23.9. The van der Waals surface area contributed by atoms with Crippen LogP contribution < -0.4 is 16.4 Å². The summed E-state index contributed by atoms with van der Waals surface area (Å²) in [5.41, 5.74) is 2.26. The number of morpholine rings is 1. The number of likely N-dealkylation sites (tertiary alicyclic amines) is 1. The number of nitrogens with two attached hydrogens (primary N) is 1. The first-order valence-electron chi connectivity index (χ1n) is 30.3. The zero-order valence-electron chi connectivity index (χ0n) is 52.1. The number of hydrogen-bond donors (Lipinski definition) is 3. The van der Waals surface area contributed by atoms with Crippen LogP contribution in [0.25, 0.3) is 0 Å². The molecular weight excluding hydrogens is 1170 g/mol. The minimum Gasteiger partial charge on any atom is -0.379 e.